The van der Waals surface area contributed by atoms with Gasteiger partial charge in [0.2, 0.25) is 0 Å². The summed E-state index contributed by atoms with van der Waals surface area (Å²) in [6.45, 7) is 5.09. The Morgan fingerprint density at radius 2 is 1.62 bits per heavy atom. The molecule has 1 aromatic rings. The van der Waals surface area contributed by atoms with Crippen molar-refractivity contribution in [3.63, 3.8) is 0 Å². The van der Waals surface area contributed by atoms with Gasteiger partial charge in [-0.05, 0) is 39.0 Å². The van der Waals surface area contributed by atoms with Crippen molar-refractivity contribution in [3.8, 4) is 5.75 Å². The molecule has 1 nitrogen and oxygen atoms in total. The highest BCUT2D eigenvalue weighted by Gasteiger charge is 2.34. The van der Waals surface area contributed by atoms with E-state index in [0.717, 1.165) is 6.07 Å². The number of hydrogen-bond donors (Lipinski definition) is 0. The van der Waals surface area contributed by atoms with Crippen molar-refractivity contribution < 1.29 is 22.3 Å². The minimum absolute atomic E-state index is 0.00113. The molecule has 0 saturated carbocycles. The van der Waals surface area contributed by atoms with E-state index in [1.165, 1.54) is 6.07 Å². The number of alkyl halides is 3. The highest BCUT2D eigenvalue weighted by atomic mass is 19.4. The van der Waals surface area contributed by atoms with Gasteiger partial charge in [-0.3, -0.25) is 0 Å². The molecule has 0 unspecified atom stereocenters. The maximum Gasteiger partial charge on any atom is 0.419 e. The van der Waals surface area contributed by atoms with Gasteiger partial charge in [0.05, 0.1) is 5.56 Å². The summed E-state index contributed by atoms with van der Waals surface area (Å²) in [5, 5.41) is 0. The average Bonchev–Trinajstić information content (AvgIpc) is 2.04. The summed E-state index contributed by atoms with van der Waals surface area (Å²) in [4.78, 5) is 0. The van der Waals surface area contributed by atoms with Crippen LogP contribution in [0.5, 0.6) is 5.75 Å². The van der Waals surface area contributed by atoms with Gasteiger partial charge in [-0.25, -0.2) is 4.39 Å². The van der Waals surface area contributed by atoms with Gasteiger partial charge in [-0.2, -0.15) is 13.2 Å². The lowest BCUT2D eigenvalue weighted by Gasteiger charge is -2.22. The molecule has 90 valence electrons. The first-order valence-electron chi connectivity index (χ1n) is 4.65. The fraction of sp³-hybridized carbons (Fsp3) is 0.455. The van der Waals surface area contributed by atoms with Crippen LogP contribution >= 0.6 is 0 Å². The number of rotatable bonds is 1. The number of halogens is 4. The molecule has 0 bridgehead atoms. The molecule has 0 saturated heterocycles. The third-order valence-corrected chi connectivity index (χ3v) is 1.67. The van der Waals surface area contributed by atoms with Crippen LogP contribution in [0, 0.1) is 5.82 Å². The van der Waals surface area contributed by atoms with E-state index in [-0.39, 0.29) is 5.75 Å². The number of benzene rings is 1. The Morgan fingerprint density at radius 1 is 1.06 bits per heavy atom. The third-order valence-electron chi connectivity index (χ3n) is 1.67. The Balaban J connectivity index is 3.09. The standard InChI is InChI=1S/C11H12F4O/c1-10(2,3)16-7-4-5-9(12)8(6-7)11(13,14)15/h4-6H,1-3H3. The van der Waals surface area contributed by atoms with Crippen LogP contribution in [0.25, 0.3) is 0 Å². The van der Waals surface area contributed by atoms with Crippen molar-refractivity contribution >= 4 is 0 Å². The van der Waals surface area contributed by atoms with Gasteiger partial charge in [0.1, 0.15) is 17.2 Å². The lowest BCUT2D eigenvalue weighted by atomic mass is 10.1. The normalized spacial score (nSPS) is 12.7. The topological polar surface area (TPSA) is 9.23 Å². The molecule has 0 aliphatic carbocycles. The highest BCUT2D eigenvalue weighted by Crippen LogP contribution is 2.34. The van der Waals surface area contributed by atoms with E-state index in [4.69, 9.17) is 4.74 Å². The number of hydrogen-bond acceptors (Lipinski definition) is 1. The van der Waals surface area contributed by atoms with Crippen LogP contribution in [-0.4, -0.2) is 5.60 Å². The Morgan fingerprint density at radius 3 is 2.06 bits per heavy atom. The van der Waals surface area contributed by atoms with Crippen LogP contribution in [0.15, 0.2) is 18.2 Å². The summed E-state index contributed by atoms with van der Waals surface area (Å²) in [5.41, 5.74) is -1.94. The van der Waals surface area contributed by atoms with E-state index in [1.54, 1.807) is 20.8 Å². The van der Waals surface area contributed by atoms with Crippen molar-refractivity contribution in [1.82, 2.24) is 0 Å². The second-order valence-corrected chi connectivity index (χ2v) is 4.35. The summed E-state index contributed by atoms with van der Waals surface area (Å²) >= 11 is 0. The molecule has 0 N–H and O–H groups in total. The van der Waals surface area contributed by atoms with Crippen molar-refractivity contribution in [1.29, 1.82) is 0 Å². The van der Waals surface area contributed by atoms with Crippen LogP contribution in [0.1, 0.15) is 26.3 Å². The molecule has 5 heteroatoms. The summed E-state index contributed by atoms with van der Waals surface area (Å²) in [6.07, 6.45) is -4.71. The third kappa shape index (κ3) is 3.40. The van der Waals surface area contributed by atoms with E-state index >= 15 is 0 Å². The van der Waals surface area contributed by atoms with Gasteiger partial charge in [0.25, 0.3) is 0 Å². The lowest BCUT2D eigenvalue weighted by molar-refractivity contribution is -0.140. The van der Waals surface area contributed by atoms with Crippen LogP contribution < -0.4 is 4.74 Å². The minimum Gasteiger partial charge on any atom is -0.488 e. The predicted molar refractivity (Wildman–Crippen MR) is 51.8 cm³/mol. The van der Waals surface area contributed by atoms with Crippen molar-refractivity contribution in [2.45, 2.75) is 32.5 Å². The number of ether oxygens (including phenoxy) is 1. The molecule has 1 rings (SSSR count). The van der Waals surface area contributed by atoms with Crippen molar-refractivity contribution in [2.75, 3.05) is 0 Å². The first-order valence-corrected chi connectivity index (χ1v) is 4.65. The van der Waals surface area contributed by atoms with Gasteiger partial charge in [0.15, 0.2) is 0 Å². The van der Waals surface area contributed by atoms with E-state index in [2.05, 4.69) is 0 Å². The largest absolute Gasteiger partial charge is 0.488 e. The van der Waals surface area contributed by atoms with Gasteiger partial charge in [0, 0.05) is 0 Å². The Bertz CT molecular complexity index is 377. The minimum atomic E-state index is -4.71. The lowest BCUT2D eigenvalue weighted by Crippen LogP contribution is -2.23. The maximum atomic E-state index is 12.9. The molecular weight excluding hydrogens is 224 g/mol. The van der Waals surface area contributed by atoms with Crippen molar-refractivity contribution in [2.24, 2.45) is 0 Å². The van der Waals surface area contributed by atoms with Crippen LogP contribution in [0.3, 0.4) is 0 Å². The zero-order chi connectivity index (χ0) is 12.6. The monoisotopic (exact) mass is 236 g/mol. The molecule has 16 heavy (non-hydrogen) atoms. The molecule has 0 amide bonds. The van der Waals surface area contributed by atoms with Gasteiger partial charge < -0.3 is 4.74 Å². The Labute approximate surface area is 91.0 Å². The molecule has 0 heterocycles. The van der Waals surface area contributed by atoms with Gasteiger partial charge in [-0.15, -0.1) is 0 Å². The summed E-state index contributed by atoms with van der Waals surface area (Å²) in [6, 6.07) is 2.60. The fourth-order valence-electron chi connectivity index (χ4n) is 1.14. The zero-order valence-corrected chi connectivity index (χ0v) is 9.15. The zero-order valence-electron chi connectivity index (χ0n) is 9.15. The molecule has 0 fully saturated rings. The molecule has 0 aliphatic heterocycles. The van der Waals surface area contributed by atoms with E-state index in [9.17, 15) is 17.6 Å². The fourth-order valence-corrected chi connectivity index (χ4v) is 1.14. The quantitative estimate of drug-likeness (QED) is 0.669. The summed E-state index contributed by atoms with van der Waals surface area (Å²) in [5.74, 6) is -1.30. The first kappa shape index (κ1) is 12.8. The Kier molecular flexibility index (Phi) is 3.17. The van der Waals surface area contributed by atoms with E-state index in [0.29, 0.717) is 6.07 Å². The molecule has 0 atom stereocenters. The molecular formula is C11H12F4O. The molecule has 0 radical (unpaired) electrons. The molecule has 0 aliphatic rings. The van der Waals surface area contributed by atoms with Gasteiger partial charge in [-0.1, -0.05) is 0 Å². The van der Waals surface area contributed by atoms with Crippen LogP contribution in [0.4, 0.5) is 17.6 Å². The molecule has 0 spiro atoms. The van der Waals surface area contributed by atoms with Crippen molar-refractivity contribution in [3.05, 3.63) is 29.6 Å². The summed E-state index contributed by atoms with van der Waals surface area (Å²) in [7, 11) is 0. The highest BCUT2D eigenvalue weighted by molar-refractivity contribution is 5.32. The smallest absolute Gasteiger partial charge is 0.419 e. The molecule has 1 aromatic carbocycles. The SMILES string of the molecule is CC(C)(C)Oc1ccc(F)c(C(F)(F)F)c1. The molecule has 0 aromatic heterocycles. The second-order valence-electron chi connectivity index (χ2n) is 4.35. The summed E-state index contributed by atoms with van der Waals surface area (Å²) < 4.78 is 55.2. The van der Waals surface area contributed by atoms with E-state index < -0.39 is 23.2 Å². The Hall–Kier alpha value is -1.26. The second kappa shape index (κ2) is 3.96. The maximum absolute atomic E-state index is 12.9. The van der Waals surface area contributed by atoms with Crippen LogP contribution in [-0.2, 0) is 6.18 Å². The predicted octanol–water partition coefficient (Wildman–Crippen LogP) is 4.02. The van der Waals surface area contributed by atoms with E-state index in [1.807, 2.05) is 0 Å². The van der Waals surface area contributed by atoms with Crippen LogP contribution in [0.2, 0.25) is 0 Å². The average molecular weight is 236 g/mol. The van der Waals surface area contributed by atoms with Gasteiger partial charge >= 0.3 is 6.18 Å². The first-order chi connectivity index (χ1) is 7.09.